The summed E-state index contributed by atoms with van der Waals surface area (Å²) in [5.41, 5.74) is 8.23. The van der Waals surface area contributed by atoms with Gasteiger partial charge in [-0.15, -0.1) is 0 Å². The van der Waals surface area contributed by atoms with E-state index in [2.05, 4.69) is 29.7 Å². The quantitative estimate of drug-likeness (QED) is 0.716. The summed E-state index contributed by atoms with van der Waals surface area (Å²) in [5.74, 6) is -0.157. The van der Waals surface area contributed by atoms with E-state index in [-0.39, 0.29) is 18.1 Å². The molecule has 2 aromatic rings. The van der Waals surface area contributed by atoms with Gasteiger partial charge in [0.05, 0.1) is 16.8 Å². The highest BCUT2D eigenvalue weighted by Crippen LogP contribution is 2.29. The molecule has 0 aromatic heterocycles. The van der Waals surface area contributed by atoms with E-state index < -0.39 is 6.10 Å². The van der Waals surface area contributed by atoms with Gasteiger partial charge >= 0.3 is 0 Å². The smallest absolute Gasteiger partial charge is 0.253 e. The van der Waals surface area contributed by atoms with Crippen molar-refractivity contribution >= 4 is 28.9 Å². The Morgan fingerprint density at radius 2 is 2.04 bits per heavy atom. The molecule has 1 saturated heterocycles. The molecule has 2 aromatic carbocycles. The molecule has 0 aliphatic carbocycles. The lowest BCUT2D eigenvalue weighted by Gasteiger charge is -2.18. The van der Waals surface area contributed by atoms with Gasteiger partial charge in [0.2, 0.25) is 0 Å². The third-order valence-corrected chi connectivity index (χ3v) is 4.88. The lowest BCUT2D eigenvalue weighted by molar-refractivity contribution is -0.126. The zero-order valence-corrected chi connectivity index (χ0v) is 15.5. The maximum atomic E-state index is 12.3. The van der Waals surface area contributed by atoms with Gasteiger partial charge in [-0.3, -0.25) is 4.79 Å². The third-order valence-electron chi connectivity index (χ3n) is 4.57. The van der Waals surface area contributed by atoms with Crippen molar-refractivity contribution in [3.05, 3.63) is 59.1 Å². The average Bonchev–Trinajstić information content (AvgIpc) is 3.14. The van der Waals surface area contributed by atoms with Crippen molar-refractivity contribution in [1.29, 1.82) is 0 Å². The first-order valence-electron chi connectivity index (χ1n) is 8.84. The zero-order chi connectivity index (χ0) is 18.5. The molecular formula is C20H24ClN3O2. The maximum absolute atomic E-state index is 12.3. The number of benzene rings is 2. The Morgan fingerprint density at radius 3 is 2.69 bits per heavy atom. The minimum Gasteiger partial charge on any atom is -0.377 e. The predicted octanol–water partition coefficient (Wildman–Crippen LogP) is 3.96. The molecule has 1 unspecified atom stereocenters. The monoisotopic (exact) mass is 373 g/mol. The number of rotatable bonds is 6. The highest BCUT2D eigenvalue weighted by Gasteiger charge is 2.29. The van der Waals surface area contributed by atoms with Crippen molar-refractivity contribution in [3.63, 3.8) is 0 Å². The number of anilines is 2. The first kappa shape index (κ1) is 18.7. The predicted molar refractivity (Wildman–Crippen MR) is 106 cm³/mol. The van der Waals surface area contributed by atoms with Crippen LogP contribution in [0.15, 0.2) is 48.5 Å². The van der Waals surface area contributed by atoms with Gasteiger partial charge in [0, 0.05) is 18.3 Å². The van der Waals surface area contributed by atoms with Gasteiger partial charge in [-0.1, -0.05) is 41.9 Å². The molecule has 0 saturated carbocycles. The third kappa shape index (κ3) is 4.55. The Balaban J connectivity index is 1.61. The number of ether oxygens (including phenoxy) is 1. The topological polar surface area (TPSA) is 76.4 Å². The molecule has 138 valence electrons. The van der Waals surface area contributed by atoms with Gasteiger partial charge < -0.3 is 21.1 Å². The molecule has 1 aliphatic heterocycles. The summed E-state index contributed by atoms with van der Waals surface area (Å²) >= 11 is 6.39. The summed E-state index contributed by atoms with van der Waals surface area (Å²) in [6, 6.07) is 15.7. The van der Waals surface area contributed by atoms with Crippen molar-refractivity contribution in [2.75, 3.05) is 17.2 Å². The zero-order valence-electron chi connectivity index (χ0n) is 14.7. The van der Waals surface area contributed by atoms with Crippen LogP contribution in [0.1, 0.15) is 31.4 Å². The molecule has 6 heteroatoms. The molecule has 0 radical (unpaired) electrons. The molecule has 0 spiro atoms. The van der Waals surface area contributed by atoms with E-state index in [9.17, 15) is 4.79 Å². The van der Waals surface area contributed by atoms with Gasteiger partial charge in [0.25, 0.3) is 5.91 Å². The number of nitrogens with one attached hydrogen (secondary N) is 2. The van der Waals surface area contributed by atoms with Crippen LogP contribution in [0, 0.1) is 0 Å². The normalized spacial score (nSPS) is 20.6. The van der Waals surface area contributed by atoms with E-state index in [4.69, 9.17) is 22.1 Å². The van der Waals surface area contributed by atoms with Crippen LogP contribution in [0.5, 0.6) is 0 Å². The number of carbonyl (C=O) groups is 1. The molecule has 0 bridgehead atoms. The van der Waals surface area contributed by atoms with Crippen LogP contribution in [-0.4, -0.2) is 24.7 Å². The molecule has 26 heavy (non-hydrogen) atoms. The number of amides is 1. The largest absolute Gasteiger partial charge is 0.377 e. The van der Waals surface area contributed by atoms with Gasteiger partial charge in [-0.2, -0.15) is 0 Å². The molecule has 1 aliphatic rings. The van der Waals surface area contributed by atoms with Gasteiger partial charge in [-0.05, 0) is 43.5 Å². The van der Waals surface area contributed by atoms with Crippen molar-refractivity contribution in [1.82, 2.24) is 0 Å². The molecule has 5 nitrogen and oxygen atoms in total. The second kappa shape index (κ2) is 8.54. The Hall–Kier alpha value is -2.08. The van der Waals surface area contributed by atoms with Crippen LogP contribution in [0.3, 0.4) is 0 Å². The molecule has 1 heterocycles. The van der Waals surface area contributed by atoms with Crippen LogP contribution in [0.25, 0.3) is 0 Å². The van der Waals surface area contributed by atoms with Crippen LogP contribution in [0.4, 0.5) is 11.4 Å². The SMILES string of the molecule is CC(Nc1ccc(NC(=O)[C@@H]2CC[C@H](CN)O2)cc1Cl)c1ccccc1. The van der Waals surface area contributed by atoms with E-state index >= 15 is 0 Å². The van der Waals surface area contributed by atoms with Crippen molar-refractivity contribution in [2.45, 2.75) is 38.0 Å². The van der Waals surface area contributed by atoms with Gasteiger partial charge in [0.1, 0.15) is 6.10 Å². The fourth-order valence-electron chi connectivity index (χ4n) is 3.06. The molecular weight excluding hydrogens is 350 g/mol. The second-order valence-electron chi connectivity index (χ2n) is 6.52. The van der Waals surface area contributed by atoms with E-state index in [0.29, 0.717) is 23.7 Å². The minimum atomic E-state index is -0.446. The van der Waals surface area contributed by atoms with Crippen LogP contribution in [-0.2, 0) is 9.53 Å². The number of carbonyl (C=O) groups excluding carboxylic acids is 1. The number of halogens is 1. The van der Waals surface area contributed by atoms with E-state index in [0.717, 1.165) is 12.1 Å². The Morgan fingerprint density at radius 1 is 1.27 bits per heavy atom. The standard InChI is InChI=1S/C20H24ClN3O2/c1-13(14-5-3-2-4-6-14)23-18-9-7-15(11-17(18)21)24-20(25)19-10-8-16(12-22)26-19/h2-7,9,11,13,16,19,23H,8,10,12,22H2,1H3,(H,24,25)/t13?,16-,19+/m1/s1. The molecule has 1 fully saturated rings. The molecule has 3 atom stereocenters. The summed E-state index contributed by atoms with van der Waals surface area (Å²) < 4.78 is 5.62. The number of hydrogen-bond acceptors (Lipinski definition) is 4. The minimum absolute atomic E-state index is 0.0274. The first-order valence-corrected chi connectivity index (χ1v) is 9.22. The first-order chi connectivity index (χ1) is 12.6. The lowest BCUT2D eigenvalue weighted by atomic mass is 10.1. The fraction of sp³-hybridized carbons (Fsp3) is 0.350. The van der Waals surface area contributed by atoms with Crippen LogP contribution < -0.4 is 16.4 Å². The Kier molecular flexibility index (Phi) is 6.14. The van der Waals surface area contributed by atoms with E-state index in [1.807, 2.05) is 30.3 Å². The van der Waals surface area contributed by atoms with Crippen molar-refractivity contribution in [3.8, 4) is 0 Å². The number of nitrogens with two attached hydrogens (primary N) is 1. The Labute approximate surface area is 158 Å². The number of hydrogen-bond donors (Lipinski definition) is 3. The molecule has 1 amide bonds. The summed E-state index contributed by atoms with van der Waals surface area (Å²) in [6.07, 6.45) is 1.03. The Bertz CT molecular complexity index is 754. The van der Waals surface area contributed by atoms with Crippen LogP contribution >= 0.6 is 11.6 Å². The highest BCUT2D eigenvalue weighted by atomic mass is 35.5. The maximum Gasteiger partial charge on any atom is 0.253 e. The summed E-state index contributed by atoms with van der Waals surface area (Å²) in [5, 5.41) is 6.81. The van der Waals surface area contributed by atoms with Gasteiger partial charge in [-0.25, -0.2) is 0 Å². The second-order valence-corrected chi connectivity index (χ2v) is 6.93. The summed E-state index contributed by atoms with van der Waals surface area (Å²) in [6.45, 7) is 2.52. The summed E-state index contributed by atoms with van der Waals surface area (Å²) in [7, 11) is 0. The lowest BCUT2D eigenvalue weighted by Crippen LogP contribution is -2.29. The van der Waals surface area contributed by atoms with Gasteiger partial charge in [0.15, 0.2) is 0 Å². The molecule has 4 N–H and O–H groups in total. The molecule has 3 rings (SSSR count). The highest BCUT2D eigenvalue weighted by molar-refractivity contribution is 6.33. The van der Waals surface area contributed by atoms with Crippen molar-refractivity contribution < 1.29 is 9.53 Å². The fourth-order valence-corrected chi connectivity index (χ4v) is 3.30. The summed E-state index contributed by atoms with van der Waals surface area (Å²) in [4.78, 5) is 12.3. The van der Waals surface area contributed by atoms with E-state index in [1.54, 1.807) is 6.07 Å². The van der Waals surface area contributed by atoms with Crippen molar-refractivity contribution in [2.24, 2.45) is 5.73 Å². The van der Waals surface area contributed by atoms with E-state index in [1.165, 1.54) is 5.56 Å². The average molecular weight is 374 g/mol. The van der Waals surface area contributed by atoms with Crippen LogP contribution in [0.2, 0.25) is 5.02 Å².